The molecule has 0 heterocycles. The van der Waals surface area contributed by atoms with Crippen molar-refractivity contribution in [2.75, 3.05) is 7.11 Å². The van der Waals surface area contributed by atoms with Crippen molar-refractivity contribution in [1.29, 1.82) is 0 Å². The zero-order valence-electron chi connectivity index (χ0n) is 13.7. The van der Waals surface area contributed by atoms with Crippen LogP contribution in [0, 0.1) is 5.92 Å². The summed E-state index contributed by atoms with van der Waals surface area (Å²) in [5, 5.41) is 0. The van der Waals surface area contributed by atoms with E-state index >= 15 is 0 Å². The second kappa shape index (κ2) is 9.23. The molecule has 1 heteroatoms. The molecule has 0 aliphatic heterocycles. The topological polar surface area (TPSA) is 9.23 Å². The van der Waals surface area contributed by atoms with E-state index in [0.29, 0.717) is 0 Å². The molecule has 1 aromatic rings. The normalized spacial score (nSPS) is 17.1. The van der Waals surface area contributed by atoms with E-state index in [0.717, 1.165) is 18.1 Å². The molecule has 2 rings (SSSR count). The second-order valence-electron chi connectivity index (χ2n) is 5.71. The summed E-state index contributed by atoms with van der Waals surface area (Å²) in [6, 6.07) is 8.00. The van der Waals surface area contributed by atoms with E-state index in [1.54, 1.807) is 12.7 Å². The fourth-order valence-electron chi connectivity index (χ4n) is 2.34. The maximum Gasteiger partial charge on any atom is 0.118 e. The lowest BCUT2D eigenvalue weighted by molar-refractivity contribution is 0.414. The number of methoxy groups -OCH3 is 1. The maximum atomic E-state index is 5.02. The van der Waals surface area contributed by atoms with Gasteiger partial charge in [-0.3, -0.25) is 0 Å². The Hall–Kier alpha value is -1.76. The standard InChI is InChI=1S/C10H12O.C10H16/c1-3-4-9-5-7-10(11-2)8-6-9;1-8(2)10-6-4-9(3)5-7-10/h3,5-8H,1,4H2,2H3;4,10H,1,5-7H2,2-3H3. The molecule has 0 radical (unpaired) electrons. The fourth-order valence-corrected chi connectivity index (χ4v) is 2.34. The van der Waals surface area contributed by atoms with Crippen LogP contribution in [0.1, 0.15) is 38.7 Å². The highest BCUT2D eigenvalue weighted by Gasteiger charge is 2.11. The third kappa shape index (κ3) is 6.48. The van der Waals surface area contributed by atoms with Gasteiger partial charge in [0.05, 0.1) is 7.11 Å². The molecule has 1 nitrogen and oxygen atoms in total. The molecule has 0 saturated heterocycles. The molecule has 1 unspecified atom stereocenters. The van der Waals surface area contributed by atoms with E-state index in [2.05, 4.69) is 33.1 Å². The smallest absolute Gasteiger partial charge is 0.118 e. The van der Waals surface area contributed by atoms with Crippen LogP contribution in [0.4, 0.5) is 0 Å². The van der Waals surface area contributed by atoms with Crippen LogP contribution in [0.5, 0.6) is 5.75 Å². The van der Waals surface area contributed by atoms with Gasteiger partial charge in [-0.1, -0.05) is 42.0 Å². The molecule has 1 atom stereocenters. The minimum atomic E-state index is 0.767. The fraction of sp³-hybridized carbons (Fsp3) is 0.400. The SMILES string of the molecule is C=C(C)C1CC=C(C)CC1.C=CCc1ccc(OC)cc1. The van der Waals surface area contributed by atoms with Crippen molar-refractivity contribution in [3.8, 4) is 5.75 Å². The van der Waals surface area contributed by atoms with Gasteiger partial charge in [0.2, 0.25) is 0 Å². The minimum absolute atomic E-state index is 0.767. The Morgan fingerprint density at radius 2 is 2.00 bits per heavy atom. The summed E-state index contributed by atoms with van der Waals surface area (Å²) >= 11 is 0. The highest BCUT2D eigenvalue weighted by Crippen LogP contribution is 2.27. The Bertz CT molecular complexity index is 479. The monoisotopic (exact) mass is 284 g/mol. The first-order chi connectivity index (χ1) is 10.1. The lowest BCUT2D eigenvalue weighted by Gasteiger charge is -2.19. The zero-order chi connectivity index (χ0) is 15.7. The molecule has 114 valence electrons. The average Bonchev–Trinajstić information content (AvgIpc) is 2.49. The first kappa shape index (κ1) is 17.3. The summed E-state index contributed by atoms with van der Waals surface area (Å²) in [6.07, 6.45) is 8.98. The molecular weight excluding hydrogens is 256 g/mol. The molecule has 0 N–H and O–H groups in total. The molecule has 1 aliphatic rings. The summed E-state index contributed by atoms with van der Waals surface area (Å²) in [5.41, 5.74) is 4.17. The van der Waals surface area contributed by atoms with E-state index in [1.165, 1.54) is 30.4 Å². The average molecular weight is 284 g/mol. The number of hydrogen-bond donors (Lipinski definition) is 0. The van der Waals surface area contributed by atoms with Crippen molar-refractivity contribution < 1.29 is 4.74 Å². The molecule has 1 aromatic carbocycles. The van der Waals surface area contributed by atoms with Gasteiger partial charge in [-0.2, -0.15) is 0 Å². The maximum absolute atomic E-state index is 5.02. The van der Waals surface area contributed by atoms with Gasteiger partial charge in [0.15, 0.2) is 0 Å². The van der Waals surface area contributed by atoms with Crippen LogP contribution >= 0.6 is 0 Å². The number of allylic oxidation sites excluding steroid dienone is 4. The van der Waals surface area contributed by atoms with E-state index in [4.69, 9.17) is 4.74 Å². The van der Waals surface area contributed by atoms with E-state index in [-0.39, 0.29) is 0 Å². The number of rotatable bonds is 4. The van der Waals surface area contributed by atoms with Gasteiger partial charge >= 0.3 is 0 Å². The van der Waals surface area contributed by atoms with Gasteiger partial charge < -0.3 is 4.74 Å². The van der Waals surface area contributed by atoms with Gasteiger partial charge in [-0.15, -0.1) is 6.58 Å². The highest BCUT2D eigenvalue weighted by molar-refractivity contribution is 5.28. The molecule has 21 heavy (non-hydrogen) atoms. The number of ether oxygens (including phenoxy) is 1. The molecular formula is C20H28O. The van der Waals surface area contributed by atoms with Crippen LogP contribution in [-0.4, -0.2) is 7.11 Å². The summed E-state index contributed by atoms with van der Waals surface area (Å²) in [7, 11) is 1.67. The Morgan fingerprint density at radius 1 is 1.33 bits per heavy atom. The van der Waals surface area contributed by atoms with Crippen molar-refractivity contribution in [2.24, 2.45) is 5.92 Å². The van der Waals surface area contributed by atoms with Gasteiger partial charge in [0.25, 0.3) is 0 Å². The first-order valence-electron chi connectivity index (χ1n) is 7.61. The number of hydrogen-bond acceptors (Lipinski definition) is 1. The minimum Gasteiger partial charge on any atom is -0.497 e. The third-order valence-electron chi connectivity index (χ3n) is 3.87. The van der Waals surface area contributed by atoms with Crippen LogP contribution in [0.15, 0.2) is 60.7 Å². The molecule has 0 spiro atoms. The third-order valence-corrected chi connectivity index (χ3v) is 3.87. The van der Waals surface area contributed by atoms with E-state index < -0.39 is 0 Å². The van der Waals surface area contributed by atoms with E-state index in [1.807, 2.05) is 30.3 Å². The Labute approximate surface area is 130 Å². The lowest BCUT2D eigenvalue weighted by atomic mass is 9.86. The molecule has 0 aromatic heterocycles. The molecule has 1 aliphatic carbocycles. The van der Waals surface area contributed by atoms with E-state index in [9.17, 15) is 0 Å². The van der Waals surface area contributed by atoms with Gasteiger partial charge in [0, 0.05) is 0 Å². The second-order valence-corrected chi connectivity index (χ2v) is 5.71. The van der Waals surface area contributed by atoms with Crippen LogP contribution < -0.4 is 4.74 Å². The Balaban J connectivity index is 0.000000211. The van der Waals surface area contributed by atoms with Crippen LogP contribution in [-0.2, 0) is 6.42 Å². The largest absolute Gasteiger partial charge is 0.497 e. The Morgan fingerprint density at radius 3 is 2.43 bits per heavy atom. The zero-order valence-corrected chi connectivity index (χ0v) is 13.7. The van der Waals surface area contributed by atoms with Crippen molar-refractivity contribution in [1.82, 2.24) is 0 Å². The highest BCUT2D eigenvalue weighted by atomic mass is 16.5. The molecule has 0 bridgehead atoms. The summed E-state index contributed by atoms with van der Waals surface area (Å²) in [4.78, 5) is 0. The molecule has 0 amide bonds. The van der Waals surface area contributed by atoms with Crippen LogP contribution in [0.3, 0.4) is 0 Å². The van der Waals surface area contributed by atoms with Gasteiger partial charge in [-0.05, 0) is 63.1 Å². The predicted octanol–water partition coefficient (Wildman–Crippen LogP) is 5.73. The van der Waals surface area contributed by atoms with Crippen molar-refractivity contribution in [3.05, 3.63) is 66.3 Å². The number of benzene rings is 1. The summed E-state index contributed by atoms with van der Waals surface area (Å²) in [5.74, 6) is 1.67. The summed E-state index contributed by atoms with van der Waals surface area (Å²) in [6.45, 7) is 12.0. The van der Waals surface area contributed by atoms with Crippen molar-refractivity contribution >= 4 is 0 Å². The van der Waals surface area contributed by atoms with Gasteiger partial charge in [0.1, 0.15) is 5.75 Å². The first-order valence-corrected chi connectivity index (χ1v) is 7.61. The van der Waals surface area contributed by atoms with Crippen molar-refractivity contribution in [3.63, 3.8) is 0 Å². The van der Waals surface area contributed by atoms with Crippen molar-refractivity contribution in [2.45, 2.75) is 39.5 Å². The molecule has 0 saturated carbocycles. The predicted molar refractivity (Wildman–Crippen MR) is 92.8 cm³/mol. The Kier molecular flexibility index (Phi) is 7.60. The van der Waals surface area contributed by atoms with Crippen LogP contribution in [0.25, 0.3) is 0 Å². The summed E-state index contributed by atoms with van der Waals surface area (Å²) < 4.78 is 5.02. The quantitative estimate of drug-likeness (QED) is 0.641. The molecule has 0 fully saturated rings. The lowest BCUT2D eigenvalue weighted by Crippen LogP contribution is -2.04. The van der Waals surface area contributed by atoms with Gasteiger partial charge in [-0.25, -0.2) is 0 Å². The van der Waals surface area contributed by atoms with Crippen LogP contribution in [0.2, 0.25) is 0 Å².